The quantitative estimate of drug-likeness (QED) is 0.0222. The summed E-state index contributed by atoms with van der Waals surface area (Å²) in [5.41, 5.74) is 0. The molecule has 0 aliphatic heterocycles. The average Bonchev–Trinajstić information content (AvgIpc) is 1.33. The lowest BCUT2D eigenvalue weighted by Crippen LogP contribution is -2.30. The Labute approximate surface area is 581 Å². The number of unbranched alkanes of at least 4 members (excludes halogenated alkanes) is 45. The van der Waals surface area contributed by atoms with Crippen LogP contribution in [0.4, 0.5) is 0 Å². The van der Waals surface area contributed by atoms with E-state index in [-0.39, 0.29) is 25.7 Å². The molecule has 0 radical (unpaired) electrons. The molecule has 0 amide bonds. The van der Waals surface area contributed by atoms with Crippen molar-refractivity contribution in [3.05, 3.63) is 0 Å². The molecule has 564 valence electrons. The van der Waals surface area contributed by atoms with Crippen LogP contribution < -0.4 is 0 Å². The molecule has 0 bridgehead atoms. The monoisotopic (exact) mass is 1400 g/mol. The Bertz CT molecular complexity index is 1840. The summed E-state index contributed by atoms with van der Waals surface area (Å²) in [5, 5.41) is 10.6. The highest BCUT2D eigenvalue weighted by atomic mass is 31.2. The van der Waals surface area contributed by atoms with Crippen molar-refractivity contribution >= 4 is 39.5 Å². The van der Waals surface area contributed by atoms with Crippen LogP contribution in [0.3, 0.4) is 0 Å². The lowest BCUT2D eigenvalue weighted by molar-refractivity contribution is -0.161. The zero-order valence-corrected chi connectivity index (χ0v) is 63.8. The molecule has 19 heteroatoms. The molecular formula is C76H148O17P2. The minimum atomic E-state index is -4.96. The van der Waals surface area contributed by atoms with Gasteiger partial charge in [-0.15, -0.1) is 0 Å². The SMILES string of the molecule is CCCCCCCCCCCCCCCCCC(=O)O[C@H](COC(=O)CCCCCCCCCC)COP(=O)(O)OC[C@H](O)COP(=O)(O)OC[C@@H](COC(=O)CCCCCCCCCCCCCCCC(C)C)OC(=O)CCCCCCCCCCCCCCCC(C)C. The van der Waals surface area contributed by atoms with E-state index in [0.29, 0.717) is 25.7 Å². The molecule has 2 unspecified atom stereocenters. The van der Waals surface area contributed by atoms with Gasteiger partial charge in [-0.1, -0.05) is 343 Å². The first kappa shape index (κ1) is 93.1. The molecule has 0 rings (SSSR count). The van der Waals surface area contributed by atoms with Gasteiger partial charge >= 0.3 is 39.5 Å². The van der Waals surface area contributed by atoms with Gasteiger partial charge in [0.15, 0.2) is 12.2 Å². The molecule has 0 saturated carbocycles. The van der Waals surface area contributed by atoms with Crippen LogP contribution in [0.1, 0.15) is 395 Å². The van der Waals surface area contributed by atoms with Gasteiger partial charge in [0.05, 0.1) is 26.4 Å². The Morgan fingerprint density at radius 1 is 0.284 bits per heavy atom. The van der Waals surface area contributed by atoms with E-state index in [1.54, 1.807) is 0 Å². The predicted octanol–water partition coefficient (Wildman–Crippen LogP) is 22.3. The molecule has 0 aromatic rings. The fraction of sp³-hybridized carbons (Fsp3) is 0.947. The summed E-state index contributed by atoms with van der Waals surface area (Å²) in [7, 11) is -9.91. The number of aliphatic hydroxyl groups is 1. The molecule has 3 N–H and O–H groups in total. The van der Waals surface area contributed by atoms with E-state index in [9.17, 15) is 43.2 Å². The number of hydrogen-bond donors (Lipinski definition) is 3. The van der Waals surface area contributed by atoms with Crippen LogP contribution >= 0.6 is 15.6 Å². The lowest BCUT2D eigenvalue weighted by Gasteiger charge is -2.21. The number of phosphoric acid groups is 2. The summed E-state index contributed by atoms with van der Waals surface area (Å²) in [6, 6.07) is 0. The van der Waals surface area contributed by atoms with Crippen molar-refractivity contribution in [3.8, 4) is 0 Å². The number of esters is 4. The number of carbonyl (C=O) groups is 4. The normalized spacial score (nSPS) is 14.0. The lowest BCUT2D eigenvalue weighted by atomic mass is 10.0. The highest BCUT2D eigenvalue weighted by Crippen LogP contribution is 2.45. The Balaban J connectivity index is 5.22. The Hall–Kier alpha value is -1.94. The second-order valence-electron chi connectivity index (χ2n) is 28.3. The van der Waals surface area contributed by atoms with Crippen LogP contribution in [-0.4, -0.2) is 96.7 Å². The third-order valence-corrected chi connectivity index (χ3v) is 19.6. The zero-order valence-electron chi connectivity index (χ0n) is 62.0. The molecule has 0 saturated heterocycles. The Morgan fingerprint density at radius 3 is 0.716 bits per heavy atom. The molecule has 0 heterocycles. The van der Waals surface area contributed by atoms with Gasteiger partial charge in [-0.3, -0.25) is 37.3 Å². The largest absolute Gasteiger partial charge is 0.472 e. The third kappa shape index (κ3) is 70.3. The van der Waals surface area contributed by atoms with E-state index in [1.807, 2.05) is 0 Å². The van der Waals surface area contributed by atoms with E-state index in [0.717, 1.165) is 108 Å². The van der Waals surface area contributed by atoms with Crippen LogP contribution in [0.2, 0.25) is 0 Å². The molecule has 0 aromatic carbocycles. The standard InChI is InChI=1S/C76H148O17P2/c1-7-9-11-13-15-17-18-19-20-25-31-36-42-48-54-60-75(80)92-71(64-86-73(78)58-52-46-40-16-14-12-10-8-2)66-90-94(82,83)88-62-70(77)63-89-95(84,85)91-67-72(93-76(81)61-55-49-43-37-32-27-22-24-29-34-39-45-51-57-69(5)6)65-87-74(79)59-53-47-41-35-30-26-21-23-28-33-38-44-50-56-68(3)4/h68-72,77H,7-67H2,1-6H3,(H,82,83)(H,84,85)/t70-,71+,72+/m0/s1. The number of rotatable bonds is 75. The maximum absolute atomic E-state index is 13.1. The highest BCUT2D eigenvalue weighted by Gasteiger charge is 2.30. The van der Waals surface area contributed by atoms with Gasteiger partial charge in [0.25, 0.3) is 0 Å². The molecule has 17 nitrogen and oxygen atoms in total. The second kappa shape index (κ2) is 67.9. The van der Waals surface area contributed by atoms with Crippen molar-refractivity contribution in [1.82, 2.24) is 0 Å². The molecule has 0 fully saturated rings. The summed E-state index contributed by atoms with van der Waals surface area (Å²) >= 11 is 0. The van der Waals surface area contributed by atoms with Gasteiger partial charge in [-0.2, -0.15) is 0 Å². The van der Waals surface area contributed by atoms with E-state index >= 15 is 0 Å². The summed E-state index contributed by atoms with van der Waals surface area (Å²) < 4.78 is 68.5. The van der Waals surface area contributed by atoms with Crippen molar-refractivity contribution in [2.45, 2.75) is 413 Å². The summed E-state index contributed by atoms with van der Waals surface area (Å²) in [6.45, 7) is 9.61. The van der Waals surface area contributed by atoms with Crippen molar-refractivity contribution in [1.29, 1.82) is 0 Å². The number of carbonyl (C=O) groups excluding carboxylic acids is 4. The zero-order chi connectivity index (χ0) is 70.0. The summed E-state index contributed by atoms with van der Waals surface area (Å²) in [4.78, 5) is 72.8. The summed E-state index contributed by atoms with van der Waals surface area (Å²) in [6.07, 6.45) is 55.4. The van der Waals surface area contributed by atoms with E-state index in [2.05, 4.69) is 41.5 Å². The molecule has 95 heavy (non-hydrogen) atoms. The predicted molar refractivity (Wildman–Crippen MR) is 386 cm³/mol. The maximum atomic E-state index is 13.1. The average molecular weight is 1400 g/mol. The van der Waals surface area contributed by atoms with Crippen molar-refractivity contribution in [2.24, 2.45) is 11.8 Å². The third-order valence-electron chi connectivity index (χ3n) is 17.7. The van der Waals surface area contributed by atoms with Crippen LogP contribution in [0.5, 0.6) is 0 Å². The first-order valence-electron chi connectivity index (χ1n) is 39.5. The Morgan fingerprint density at radius 2 is 0.484 bits per heavy atom. The number of hydrogen-bond acceptors (Lipinski definition) is 15. The van der Waals surface area contributed by atoms with Crippen LogP contribution in [0, 0.1) is 11.8 Å². The van der Waals surface area contributed by atoms with Gasteiger partial charge in [0.2, 0.25) is 0 Å². The van der Waals surface area contributed by atoms with Crippen LogP contribution in [-0.2, 0) is 65.4 Å². The first-order valence-corrected chi connectivity index (χ1v) is 42.5. The fourth-order valence-electron chi connectivity index (χ4n) is 11.7. The highest BCUT2D eigenvalue weighted by molar-refractivity contribution is 7.47. The van der Waals surface area contributed by atoms with Gasteiger partial charge in [0.1, 0.15) is 19.3 Å². The maximum Gasteiger partial charge on any atom is 0.472 e. The Kier molecular flexibility index (Phi) is 66.5. The van der Waals surface area contributed by atoms with Gasteiger partial charge < -0.3 is 33.8 Å². The van der Waals surface area contributed by atoms with Crippen LogP contribution in [0.25, 0.3) is 0 Å². The van der Waals surface area contributed by atoms with Crippen molar-refractivity contribution in [3.63, 3.8) is 0 Å². The number of aliphatic hydroxyl groups excluding tert-OH is 1. The molecular weight excluding hydrogens is 1250 g/mol. The van der Waals surface area contributed by atoms with E-state index in [4.69, 9.17) is 37.0 Å². The molecule has 0 aliphatic rings. The van der Waals surface area contributed by atoms with Gasteiger partial charge in [-0.25, -0.2) is 9.13 Å². The molecule has 0 aromatic heterocycles. The van der Waals surface area contributed by atoms with Gasteiger partial charge in [-0.05, 0) is 37.5 Å². The number of phosphoric ester groups is 2. The smallest absolute Gasteiger partial charge is 0.462 e. The number of ether oxygens (including phenoxy) is 4. The first-order chi connectivity index (χ1) is 45.9. The minimum Gasteiger partial charge on any atom is -0.462 e. The summed E-state index contributed by atoms with van der Waals surface area (Å²) in [5.74, 6) is -0.538. The van der Waals surface area contributed by atoms with Crippen LogP contribution in [0.15, 0.2) is 0 Å². The molecule has 0 aliphatic carbocycles. The van der Waals surface area contributed by atoms with E-state index < -0.39 is 97.5 Å². The molecule has 5 atom stereocenters. The van der Waals surface area contributed by atoms with Gasteiger partial charge in [0, 0.05) is 25.7 Å². The van der Waals surface area contributed by atoms with Crippen molar-refractivity contribution < 1.29 is 80.2 Å². The van der Waals surface area contributed by atoms with Crippen molar-refractivity contribution in [2.75, 3.05) is 39.6 Å². The molecule has 0 spiro atoms. The second-order valence-corrected chi connectivity index (χ2v) is 31.3. The fourth-order valence-corrected chi connectivity index (χ4v) is 13.2. The van der Waals surface area contributed by atoms with E-state index in [1.165, 1.54) is 205 Å². The minimum absolute atomic E-state index is 0.107. The topological polar surface area (TPSA) is 237 Å².